The van der Waals surface area contributed by atoms with E-state index < -0.39 is 5.79 Å². The number of benzene rings is 3. The van der Waals surface area contributed by atoms with Crippen LogP contribution in [-0.4, -0.2) is 95.5 Å². The Morgan fingerprint density at radius 1 is 1.00 bits per heavy atom. The number of ether oxygens (including phenoxy) is 4. The molecule has 4 aromatic rings. The summed E-state index contributed by atoms with van der Waals surface area (Å²) < 4.78 is 26.2. The van der Waals surface area contributed by atoms with Gasteiger partial charge in [0.15, 0.2) is 5.17 Å². The Kier molecular flexibility index (Phi) is 11.3. The molecule has 4 heterocycles. The molecule has 51 heavy (non-hydrogen) atoms. The fourth-order valence-electron chi connectivity index (χ4n) is 6.56. The molecule has 0 amide bonds. The van der Waals surface area contributed by atoms with Gasteiger partial charge in [-0.25, -0.2) is 14.7 Å². The van der Waals surface area contributed by atoms with Crippen LogP contribution in [0.1, 0.15) is 25.8 Å². The molecular formula is C37H43Cl2N7O4S. The van der Waals surface area contributed by atoms with E-state index in [1.807, 2.05) is 18.2 Å². The summed E-state index contributed by atoms with van der Waals surface area (Å²) in [7, 11) is 1.77. The maximum atomic E-state index is 6.60. The quantitative estimate of drug-likeness (QED) is 0.150. The van der Waals surface area contributed by atoms with E-state index in [0.29, 0.717) is 34.9 Å². The molecule has 0 bridgehead atoms. The summed E-state index contributed by atoms with van der Waals surface area (Å²) in [6.07, 6.45) is 3.84. The molecule has 3 saturated heterocycles. The molecule has 3 aliphatic rings. The minimum absolute atomic E-state index is 0.124. The summed E-state index contributed by atoms with van der Waals surface area (Å²) in [6.45, 7) is 9.98. The Hall–Kier alpha value is -3.52. The fourth-order valence-corrected chi connectivity index (χ4v) is 8.23. The van der Waals surface area contributed by atoms with Gasteiger partial charge in [0.25, 0.3) is 0 Å². The van der Waals surface area contributed by atoms with Gasteiger partial charge in [-0.15, -0.1) is 0 Å². The predicted octanol–water partition coefficient (Wildman–Crippen LogP) is 7.07. The van der Waals surface area contributed by atoms with Gasteiger partial charge in [0.05, 0.1) is 23.9 Å². The number of piperazine rings is 1. The highest BCUT2D eigenvalue weighted by atomic mass is 35.5. The van der Waals surface area contributed by atoms with Crippen LogP contribution in [0.25, 0.3) is 0 Å². The SMILES string of the molecule is CCC(C)N1CC(OC)S/C1=N/c1ccc(N2CCN(c3ccc(OCC4COC(Cn5cncn5)(c5ccc(Cl)cc5Cl)O4)cc3)CC2)cc1. The monoisotopic (exact) mass is 751 g/mol. The minimum Gasteiger partial charge on any atom is -0.491 e. The zero-order valence-corrected chi connectivity index (χ0v) is 31.4. The summed E-state index contributed by atoms with van der Waals surface area (Å²) in [5, 5.41) is 6.27. The molecule has 1 aromatic heterocycles. The lowest BCUT2D eigenvalue weighted by Gasteiger charge is -2.37. The van der Waals surface area contributed by atoms with Crippen molar-refractivity contribution in [3.63, 3.8) is 0 Å². The third-order valence-corrected chi connectivity index (χ3v) is 11.3. The summed E-state index contributed by atoms with van der Waals surface area (Å²) in [6, 6.07) is 22.6. The van der Waals surface area contributed by atoms with Crippen molar-refractivity contribution in [2.75, 3.05) is 62.8 Å². The molecular weight excluding hydrogens is 709 g/mol. The van der Waals surface area contributed by atoms with Crippen LogP contribution >= 0.6 is 35.0 Å². The van der Waals surface area contributed by atoms with Crippen molar-refractivity contribution in [2.45, 2.75) is 50.2 Å². The van der Waals surface area contributed by atoms with Crippen LogP contribution in [0.2, 0.25) is 10.0 Å². The number of hydrogen-bond acceptors (Lipinski definition) is 10. The molecule has 14 heteroatoms. The Bertz CT molecular complexity index is 1770. The van der Waals surface area contributed by atoms with E-state index in [9.17, 15) is 0 Å². The van der Waals surface area contributed by atoms with Gasteiger partial charge in [-0.1, -0.05) is 48.0 Å². The average molecular weight is 753 g/mol. The van der Waals surface area contributed by atoms with Crippen LogP contribution in [0, 0.1) is 0 Å². The van der Waals surface area contributed by atoms with Crippen molar-refractivity contribution in [3.05, 3.63) is 95.0 Å². The zero-order chi connectivity index (χ0) is 35.4. The first kappa shape index (κ1) is 35.9. The van der Waals surface area contributed by atoms with E-state index in [2.05, 4.69) is 75.0 Å². The van der Waals surface area contributed by atoms with Crippen molar-refractivity contribution >= 4 is 57.2 Å². The molecule has 7 rings (SSSR count). The lowest BCUT2D eigenvalue weighted by Crippen LogP contribution is -2.46. The van der Waals surface area contributed by atoms with Gasteiger partial charge in [0.2, 0.25) is 5.79 Å². The number of thioether (sulfide) groups is 1. The fraction of sp³-hybridized carbons (Fsp3) is 0.432. The van der Waals surface area contributed by atoms with Crippen molar-refractivity contribution in [3.8, 4) is 5.75 Å². The normalized spacial score (nSPS) is 23.7. The lowest BCUT2D eigenvalue weighted by molar-refractivity contribution is -0.190. The number of nitrogens with zero attached hydrogens (tertiary/aromatic N) is 7. The summed E-state index contributed by atoms with van der Waals surface area (Å²) in [5.74, 6) is -0.381. The molecule has 4 atom stereocenters. The van der Waals surface area contributed by atoms with Crippen molar-refractivity contribution in [1.82, 2.24) is 19.7 Å². The molecule has 0 aliphatic carbocycles. The number of aliphatic imine (C=N–C) groups is 1. The molecule has 270 valence electrons. The Labute approximate surface area is 313 Å². The van der Waals surface area contributed by atoms with Gasteiger partial charge in [-0.05, 0) is 74.0 Å². The van der Waals surface area contributed by atoms with Crippen LogP contribution in [0.3, 0.4) is 0 Å². The minimum atomic E-state index is -1.15. The molecule has 0 spiro atoms. The highest BCUT2D eigenvalue weighted by molar-refractivity contribution is 8.14. The molecule has 3 aliphatic heterocycles. The third kappa shape index (κ3) is 8.27. The van der Waals surface area contributed by atoms with E-state index in [0.717, 1.165) is 55.7 Å². The number of halogens is 2. The first-order valence-electron chi connectivity index (χ1n) is 17.3. The van der Waals surface area contributed by atoms with Gasteiger partial charge in [-0.2, -0.15) is 5.10 Å². The summed E-state index contributed by atoms with van der Waals surface area (Å²) in [4.78, 5) is 16.2. The highest BCUT2D eigenvalue weighted by Crippen LogP contribution is 2.40. The number of rotatable bonds is 12. The second-order valence-electron chi connectivity index (χ2n) is 12.9. The Morgan fingerprint density at radius 2 is 1.71 bits per heavy atom. The maximum Gasteiger partial charge on any atom is 0.217 e. The molecule has 3 fully saturated rings. The predicted molar refractivity (Wildman–Crippen MR) is 204 cm³/mol. The molecule has 0 saturated carbocycles. The summed E-state index contributed by atoms with van der Waals surface area (Å²) in [5.41, 5.74) is 4.16. The molecule has 0 radical (unpaired) electrons. The number of amidine groups is 1. The molecule has 3 aromatic carbocycles. The number of aromatic nitrogens is 3. The van der Waals surface area contributed by atoms with E-state index in [4.69, 9.17) is 47.1 Å². The van der Waals surface area contributed by atoms with E-state index >= 15 is 0 Å². The molecule has 4 unspecified atom stereocenters. The third-order valence-electron chi connectivity index (χ3n) is 9.61. The van der Waals surface area contributed by atoms with E-state index in [1.165, 1.54) is 17.7 Å². The topological polar surface area (TPSA) is 89.7 Å². The standard InChI is InChI=1S/C37H43Cl2N7O4S/c1-4-26(2)46-20-35(47-3)51-36(46)42-28-6-8-29(9-7-28)43-15-17-44(18-16-43)30-10-12-31(13-11-30)48-21-32-22-49-37(50-32,23-45-25-40-24-41-45)33-14-5-27(38)19-34(33)39/h5-14,19,24-26,32,35H,4,15-18,20-23H2,1-3H3/b42-36+. The first-order valence-corrected chi connectivity index (χ1v) is 18.9. The van der Waals surface area contributed by atoms with Gasteiger partial charge < -0.3 is 33.6 Å². The second kappa shape index (κ2) is 16.0. The number of methoxy groups -OCH3 is 1. The second-order valence-corrected chi connectivity index (χ2v) is 14.9. The van der Waals surface area contributed by atoms with Crippen molar-refractivity contribution < 1.29 is 18.9 Å². The number of anilines is 2. The average Bonchev–Trinajstić information content (AvgIpc) is 3.92. The maximum absolute atomic E-state index is 6.60. The van der Waals surface area contributed by atoms with Crippen molar-refractivity contribution in [1.29, 1.82) is 0 Å². The van der Waals surface area contributed by atoms with Crippen LogP contribution in [0.15, 0.2) is 84.4 Å². The van der Waals surface area contributed by atoms with Gasteiger partial charge >= 0.3 is 0 Å². The van der Waals surface area contributed by atoms with Crippen LogP contribution < -0.4 is 14.5 Å². The van der Waals surface area contributed by atoms with Gasteiger partial charge in [0.1, 0.15) is 43.1 Å². The smallest absolute Gasteiger partial charge is 0.217 e. The Balaban J connectivity index is 0.912. The van der Waals surface area contributed by atoms with E-state index in [1.54, 1.807) is 42.0 Å². The molecule has 11 nitrogen and oxygen atoms in total. The summed E-state index contributed by atoms with van der Waals surface area (Å²) >= 11 is 14.5. The molecule has 0 N–H and O–H groups in total. The largest absolute Gasteiger partial charge is 0.491 e. The van der Waals surface area contributed by atoms with Crippen LogP contribution in [-0.2, 0) is 26.5 Å². The van der Waals surface area contributed by atoms with E-state index in [-0.39, 0.29) is 18.1 Å². The number of hydrogen-bond donors (Lipinski definition) is 0. The Morgan fingerprint density at radius 3 is 2.33 bits per heavy atom. The van der Waals surface area contributed by atoms with Crippen LogP contribution in [0.5, 0.6) is 5.75 Å². The van der Waals surface area contributed by atoms with Gasteiger partial charge in [0, 0.05) is 61.3 Å². The zero-order valence-electron chi connectivity index (χ0n) is 29.0. The van der Waals surface area contributed by atoms with Gasteiger partial charge in [-0.3, -0.25) is 0 Å². The van der Waals surface area contributed by atoms with Crippen molar-refractivity contribution in [2.24, 2.45) is 4.99 Å². The lowest BCUT2D eigenvalue weighted by atomic mass is 10.1. The first-order chi connectivity index (χ1) is 24.8. The van der Waals surface area contributed by atoms with Crippen LogP contribution in [0.4, 0.5) is 17.1 Å². The highest BCUT2D eigenvalue weighted by Gasteiger charge is 2.45.